The van der Waals surface area contributed by atoms with Crippen LogP contribution in [0.5, 0.6) is 0 Å². The van der Waals surface area contributed by atoms with Crippen LogP contribution in [0.2, 0.25) is 10.2 Å². The third-order valence-corrected chi connectivity index (χ3v) is 7.38. The average molecular weight is 514 g/mol. The van der Waals surface area contributed by atoms with Gasteiger partial charge in [0.15, 0.2) is 0 Å². The molecule has 8 heteroatoms. The Labute approximate surface area is 212 Å². The normalized spacial score (nSPS) is 17.3. The molecule has 0 saturated carbocycles. The van der Waals surface area contributed by atoms with Gasteiger partial charge in [-0.25, -0.2) is 13.8 Å². The molecular formula is C27H23Cl2F2N3O. The number of benzene rings is 2. The molecule has 1 aromatic heterocycles. The first-order chi connectivity index (χ1) is 16.8. The minimum absolute atomic E-state index is 0.110. The summed E-state index contributed by atoms with van der Waals surface area (Å²) in [7, 11) is 0. The molecule has 4 nitrogen and oxygen atoms in total. The van der Waals surface area contributed by atoms with Crippen LogP contribution in [0.3, 0.4) is 0 Å². The Morgan fingerprint density at radius 1 is 1.06 bits per heavy atom. The Hall–Kier alpha value is -2.80. The van der Waals surface area contributed by atoms with E-state index >= 15 is 0 Å². The maximum atomic E-state index is 13.9. The Bertz CT molecular complexity index is 1310. The van der Waals surface area contributed by atoms with E-state index in [9.17, 15) is 13.6 Å². The second-order valence-corrected chi connectivity index (χ2v) is 9.89. The highest BCUT2D eigenvalue weighted by Gasteiger charge is 2.46. The first-order valence-corrected chi connectivity index (χ1v) is 12.2. The molecule has 180 valence electrons. The summed E-state index contributed by atoms with van der Waals surface area (Å²) >= 11 is 12.4. The third kappa shape index (κ3) is 4.83. The lowest BCUT2D eigenvalue weighted by atomic mass is 9.74. The van der Waals surface area contributed by atoms with Gasteiger partial charge < -0.3 is 4.90 Å². The highest BCUT2D eigenvalue weighted by atomic mass is 35.5. The molecule has 5 rings (SSSR count). The maximum Gasteiger partial charge on any atom is 0.258 e. The Balaban J connectivity index is 1.31. The number of likely N-dealkylation sites (tertiary alicyclic amines) is 1. The van der Waals surface area contributed by atoms with E-state index in [0.29, 0.717) is 29.2 Å². The van der Waals surface area contributed by atoms with Gasteiger partial charge in [-0.05, 0) is 74.0 Å². The van der Waals surface area contributed by atoms with Crippen molar-refractivity contribution in [1.29, 1.82) is 0 Å². The zero-order valence-electron chi connectivity index (χ0n) is 18.9. The standard InChI is InChI=1S/C27H23Cl2F2N3O/c28-20-4-6-24-22(15-20)27(17-34(24)26(35)19-7-10-32-25(29)14-19)8-12-33(13-9-27)11-1-2-18-3-5-21(30)16-23(18)31/h1-7,10,14-16H,8-9,11-13,17H2. The highest BCUT2D eigenvalue weighted by molar-refractivity contribution is 6.31. The summed E-state index contributed by atoms with van der Waals surface area (Å²) in [4.78, 5) is 21.5. The van der Waals surface area contributed by atoms with Gasteiger partial charge in [0, 0.05) is 52.6 Å². The predicted octanol–water partition coefficient (Wildman–Crippen LogP) is 6.37. The van der Waals surface area contributed by atoms with Crippen molar-refractivity contribution < 1.29 is 13.6 Å². The summed E-state index contributed by atoms with van der Waals surface area (Å²) in [6.07, 6.45) is 6.84. The van der Waals surface area contributed by atoms with Gasteiger partial charge in [-0.15, -0.1) is 0 Å². The molecular weight excluding hydrogens is 491 g/mol. The quantitative estimate of drug-likeness (QED) is 0.380. The van der Waals surface area contributed by atoms with Gasteiger partial charge in [-0.2, -0.15) is 0 Å². The summed E-state index contributed by atoms with van der Waals surface area (Å²) in [5.74, 6) is -1.27. The van der Waals surface area contributed by atoms with Crippen LogP contribution in [-0.4, -0.2) is 42.0 Å². The van der Waals surface area contributed by atoms with Crippen molar-refractivity contribution in [3.8, 4) is 0 Å². The largest absolute Gasteiger partial charge is 0.307 e. The minimum Gasteiger partial charge on any atom is -0.307 e. The Morgan fingerprint density at radius 3 is 2.60 bits per heavy atom. The number of halogens is 4. The predicted molar refractivity (Wildman–Crippen MR) is 135 cm³/mol. The van der Waals surface area contributed by atoms with Crippen LogP contribution < -0.4 is 4.90 Å². The van der Waals surface area contributed by atoms with Crippen LogP contribution in [0, 0.1) is 11.6 Å². The average Bonchev–Trinajstić information content (AvgIpc) is 3.14. The molecule has 35 heavy (non-hydrogen) atoms. The van der Waals surface area contributed by atoms with Crippen LogP contribution in [0.1, 0.15) is 34.3 Å². The number of aromatic nitrogens is 1. The number of anilines is 1. The molecule has 3 aromatic rings. The van der Waals surface area contributed by atoms with Crippen LogP contribution in [-0.2, 0) is 5.41 Å². The summed E-state index contributed by atoms with van der Waals surface area (Å²) in [5, 5.41) is 0.930. The summed E-state index contributed by atoms with van der Waals surface area (Å²) in [5.41, 5.74) is 2.66. The van der Waals surface area contributed by atoms with Crippen molar-refractivity contribution in [2.75, 3.05) is 31.1 Å². The lowest BCUT2D eigenvalue weighted by molar-refractivity contribution is 0.0977. The van der Waals surface area contributed by atoms with Crippen molar-refractivity contribution in [3.63, 3.8) is 0 Å². The highest BCUT2D eigenvalue weighted by Crippen LogP contribution is 2.48. The molecule has 0 aliphatic carbocycles. The number of nitrogens with zero attached hydrogens (tertiary/aromatic N) is 3. The van der Waals surface area contributed by atoms with E-state index in [1.807, 2.05) is 29.2 Å². The number of hydrogen-bond acceptors (Lipinski definition) is 3. The van der Waals surface area contributed by atoms with Crippen molar-refractivity contribution in [1.82, 2.24) is 9.88 Å². The monoisotopic (exact) mass is 513 g/mol. The molecule has 2 aliphatic heterocycles. The summed E-state index contributed by atoms with van der Waals surface area (Å²) in [6, 6.07) is 12.6. The van der Waals surface area contributed by atoms with E-state index in [1.54, 1.807) is 18.2 Å². The first kappa shape index (κ1) is 23.9. The molecule has 0 radical (unpaired) electrons. The van der Waals surface area contributed by atoms with Crippen molar-refractivity contribution in [3.05, 3.63) is 99.3 Å². The molecule has 1 fully saturated rings. The van der Waals surface area contributed by atoms with Gasteiger partial charge in [0.05, 0.1) is 0 Å². The van der Waals surface area contributed by atoms with E-state index in [4.69, 9.17) is 23.2 Å². The molecule has 0 unspecified atom stereocenters. The Kier molecular flexibility index (Phi) is 6.62. The van der Waals surface area contributed by atoms with E-state index < -0.39 is 11.6 Å². The topological polar surface area (TPSA) is 36.4 Å². The lowest BCUT2D eigenvalue weighted by Crippen LogP contribution is -2.46. The number of pyridine rings is 1. The second-order valence-electron chi connectivity index (χ2n) is 9.07. The second kappa shape index (κ2) is 9.69. The van der Waals surface area contributed by atoms with Crippen LogP contribution in [0.4, 0.5) is 14.5 Å². The third-order valence-electron chi connectivity index (χ3n) is 6.94. The van der Waals surface area contributed by atoms with Crippen LogP contribution >= 0.6 is 23.2 Å². The fraction of sp³-hybridized carbons (Fsp3) is 0.259. The van der Waals surface area contributed by atoms with Gasteiger partial charge in [0.1, 0.15) is 16.8 Å². The summed E-state index contributed by atoms with van der Waals surface area (Å²) in [6.45, 7) is 2.88. The zero-order valence-corrected chi connectivity index (χ0v) is 20.4. The molecule has 0 N–H and O–H groups in total. The minimum atomic E-state index is -0.586. The molecule has 1 saturated heterocycles. The number of rotatable bonds is 4. The number of carbonyl (C=O) groups excluding carboxylic acids is 1. The van der Waals surface area contributed by atoms with Crippen LogP contribution in [0.15, 0.2) is 60.8 Å². The maximum absolute atomic E-state index is 13.9. The fourth-order valence-corrected chi connectivity index (χ4v) is 5.42. The van der Waals surface area contributed by atoms with Crippen molar-refractivity contribution >= 4 is 40.9 Å². The molecule has 1 amide bonds. The number of amides is 1. The number of piperidine rings is 1. The number of hydrogen-bond donors (Lipinski definition) is 0. The number of fused-ring (bicyclic) bond motifs is 2. The van der Waals surface area contributed by atoms with Crippen molar-refractivity contribution in [2.24, 2.45) is 0 Å². The lowest BCUT2D eigenvalue weighted by Gasteiger charge is -2.39. The SMILES string of the molecule is O=C(c1ccnc(Cl)c1)N1CC2(CCN(CC=Cc3ccc(F)cc3F)CC2)c2cc(Cl)ccc21. The van der Waals surface area contributed by atoms with Gasteiger partial charge in [-0.3, -0.25) is 9.69 Å². The van der Waals surface area contributed by atoms with Gasteiger partial charge in [-0.1, -0.05) is 35.4 Å². The Morgan fingerprint density at radius 2 is 1.86 bits per heavy atom. The molecule has 3 heterocycles. The van der Waals surface area contributed by atoms with Crippen molar-refractivity contribution in [2.45, 2.75) is 18.3 Å². The fourth-order valence-electron chi connectivity index (χ4n) is 5.07. The van der Waals surface area contributed by atoms with E-state index in [-0.39, 0.29) is 16.5 Å². The zero-order chi connectivity index (χ0) is 24.6. The molecule has 2 aliphatic rings. The molecule has 0 atom stereocenters. The van der Waals surface area contributed by atoms with Gasteiger partial charge in [0.2, 0.25) is 0 Å². The number of carbonyl (C=O) groups is 1. The van der Waals surface area contributed by atoms with E-state index in [0.717, 1.165) is 43.2 Å². The molecule has 0 bridgehead atoms. The van der Waals surface area contributed by atoms with E-state index in [1.165, 1.54) is 18.3 Å². The first-order valence-electron chi connectivity index (χ1n) is 11.4. The van der Waals surface area contributed by atoms with Crippen LogP contribution in [0.25, 0.3) is 6.08 Å². The van der Waals surface area contributed by atoms with E-state index in [2.05, 4.69) is 9.88 Å². The molecule has 1 spiro atoms. The van der Waals surface area contributed by atoms with Gasteiger partial charge >= 0.3 is 0 Å². The summed E-state index contributed by atoms with van der Waals surface area (Å²) < 4.78 is 27.0. The molecule has 2 aromatic carbocycles. The smallest absolute Gasteiger partial charge is 0.258 e. The van der Waals surface area contributed by atoms with Gasteiger partial charge in [0.25, 0.3) is 5.91 Å².